The third-order valence-corrected chi connectivity index (χ3v) is 1.36. The molecule has 1 nitrogen and oxygen atoms in total. The average molecular weight is 213 g/mol. The summed E-state index contributed by atoms with van der Waals surface area (Å²) < 4.78 is 9.81. The molecule has 1 unspecified atom stereocenters. The fraction of sp³-hybridized carbons (Fsp3) is 0.750. The average Bonchev–Trinajstić information content (AvgIpc) is 1.78. The van der Waals surface area contributed by atoms with E-state index in [1.165, 1.54) is 0 Å². The van der Waals surface area contributed by atoms with Crippen LogP contribution in [0.25, 0.3) is 0 Å². The smallest absolute Gasteiger partial charge is 0.319 e. The van der Waals surface area contributed by atoms with Crippen LogP contribution < -0.4 is 0 Å². The monoisotopic (exact) mass is 212 g/mol. The van der Waals surface area contributed by atoms with E-state index in [0.717, 1.165) is 0 Å². The third kappa shape index (κ3) is 5.65. The summed E-state index contributed by atoms with van der Waals surface area (Å²) in [7, 11) is 0. The summed E-state index contributed by atoms with van der Waals surface area (Å²) in [5, 5.41) is 9.29. The van der Waals surface area contributed by atoms with Gasteiger partial charge in [0.25, 0.3) is 0 Å². The fourth-order valence-corrected chi connectivity index (χ4v) is 0.476. The van der Waals surface area contributed by atoms with Crippen molar-refractivity contribution in [2.75, 3.05) is 0 Å². The minimum absolute atomic E-state index is 0.425. The molecule has 0 aliphatic heterocycles. The summed E-state index contributed by atoms with van der Waals surface area (Å²) >= 11 is 9.88. The Hall–Kier alpha value is 0.0300. The standard InChI is InChI=1S/C8H11Cl2FO/c1-7(2,3)6(12)4-5-8(9,10)11/h6,12H,1-3H3. The molecule has 12 heavy (non-hydrogen) atoms. The van der Waals surface area contributed by atoms with Gasteiger partial charge in [-0.2, -0.15) is 4.39 Å². The highest BCUT2D eigenvalue weighted by molar-refractivity contribution is 6.49. The van der Waals surface area contributed by atoms with Crippen molar-refractivity contribution in [1.29, 1.82) is 0 Å². The lowest BCUT2D eigenvalue weighted by atomic mass is 9.90. The molecular weight excluding hydrogens is 202 g/mol. The van der Waals surface area contributed by atoms with Crippen molar-refractivity contribution in [1.82, 2.24) is 0 Å². The van der Waals surface area contributed by atoms with Crippen molar-refractivity contribution in [3.63, 3.8) is 0 Å². The van der Waals surface area contributed by atoms with Crippen LogP contribution in [0, 0.1) is 17.3 Å². The second-order valence-corrected chi connectivity index (χ2v) is 4.77. The van der Waals surface area contributed by atoms with Crippen LogP contribution in [-0.2, 0) is 0 Å². The summed E-state index contributed by atoms with van der Waals surface area (Å²) in [6, 6.07) is 0. The van der Waals surface area contributed by atoms with Gasteiger partial charge in [0.05, 0.1) is 0 Å². The quantitative estimate of drug-likeness (QED) is 0.484. The largest absolute Gasteiger partial charge is 0.380 e. The van der Waals surface area contributed by atoms with Gasteiger partial charge in [0.1, 0.15) is 6.10 Å². The highest BCUT2D eigenvalue weighted by Crippen LogP contribution is 2.22. The second-order valence-electron chi connectivity index (χ2n) is 3.54. The van der Waals surface area contributed by atoms with E-state index in [1.54, 1.807) is 20.8 Å². The highest BCUT2D eigenvalue weighted by Gasteiger charge is 2.22. The van der Waals surface area contributed by atoms with Crippen LogP contribution in [0.3, 0.4) is 0 Å². The lowest BCUT2D eigenvalue weighted by Crippen LogP contribution is -2.24. The lowest BCUT2D eigenvalue weighted by molar-refractivity contribution is 0.114. The van der Waals surface area contributed by atoms with E-state index in [-0.39, 0.29) is 0 Å². The number of hydrogen-bond donors (Lipinski definition) is 1. The van der Waals surface area contributed by atoms with Crippen molar-refractivity contribution in [2.45, 2.75) is 31.5 Å². The minimum Gasteiger partial charge on any atom is -0.380 e. The van der Waals surface area contributed by atoms with E-state index in [9.17, 15) is 9.50 Å². The Bertz CT molecular complexity index is 204. The molecule has 0 saturated carbocycles. The number of alkyl halides is 3. The summed E-state index contributed by atoms with van der Waals surface area (Å²) in [6.45, 7) is 5.32. The number of aliphatic hydroxyl groups excluding tert-OH is 1. The van der Waals surface area contributed by atoms with Gasteiger partial charge in [-0.1, -0.05) is 49.9 Å². The molecule has 70 valence electrons. The maximum Gasteiger partial charge on any atom is 0.319 e. The van der Waals surface area contributed by atoms with E-state index in [4.69, 9.17) is 23.2 Å². The van der Waals surface area contributed by atoms with E-state index in [1.807, 2.05) is 5.92 Å². The van der Waals surface area contributed by atoms with Gasteiger partial charge in [-0.15, -0.1) is 0 Å². The Morgan fingerprint density at radius 3 is 2.00 bits per heavy atom. The molecule has 0 aromatic rings. The van der Waals surface area contributed by atoms with Gasteiger partial charge in [0.15, 0.2) is 0 Å². The van der Waals surface area contributed by atoms with Crippen LogP contribution in [-0.4, -0.2) is 15.8 Å². The van der Waals surface area contributed by atoms with Crippen molar-refractivity contribution >= 4 is 23.2 Å². The maximum atomic E-state index is 12.4. The number of hydrogen-bond acceptors (Lipinski definition) is 1. The van der Waals surface area contributed by atoms with Gasteiger partial charge in [-0.25, -0.2) is 0 Å². The van der Waals surface area contributed by atoms with Gasteiger partial charge in [0, 0.05) is 0 Å². The molecule has 0 amide bonds. The molecule has 0 spiro atoms. The first-order chi connectivity index (χ1) is 5.13. The Balaban J connectivity index is 4.34. The Kier molecular flexibility index (Phi) is 3.84. The predicted octanol–water partition coefficient (Wildman–Crippen LogP) is 2.50. The van der Waals surface area contributed by atoms with Crippen molar-refractivity contribution in [2.24, 2.45) is 5.41 Å². The molecule has 0 heterocycles. The van der Waals surface area contributed by atoms with Crippen molar-refractivity contribution < 1.29 is 9.50 Å². The SMILES string of the molecule is CC(C)(C)C(O)C#CC(F)(Cl)Cl. The molecule has 1 atom stereocenters. The molecule has 0 saturated heterocycles. The molecule has 0 radical (unpaired) electrons. The lowest BCUT2D eigenvalue weighted by Gasteiger charge is -2.20. The molecule has 4 heteroatoms. The molecule has 0 aromatic heterocycles. The van der Waals surface area contributed by atoms with Gasteiger partial charge >= 0.3 is 4.59 Å². The van der Waals surface area contributed by atoms with E-state index in [0.29, 0.717) is 0 Å². The zero-order valence-electron chi connectivity index (χ0n) is 7.16. The predicted molar refractivity (Wildman–Crippen MR) is 48.8 cm³/mol. The van der Waals surface area contributed by atoms with E-state index in [2.05, 4.69) is 5.92 Å². The molecular formula is C8H11Cl2FO. The third-order valence-electron chi connectivity index (χ3n) is 1.17. The molecule has 0 aliphatic rings. The summed E-state index contributed by atoms with van der Waals surface area (Å²) in [6.07, 6.45) is -0.940. The van der Waals surface area contributed by atoms with E-state index >= 15 is 0 Å². The van der Waals surface area contributed by atoms with Crippen LogP contribution in [0.1, 0.15) is 20.8 Å². The van der Waals surface area contributed by atoms with Crippen LogP contribution in [0.4, 0.5) is 4.39 Å². The molecule has 1 N–H and O–H groups in total. The Morgan fingerprint density at radius 2 is 1.75 bits per heavy atom. The first kappa shape index (κ1) is 12.0. The normalized spacial score (nSPS) is 14.9. The number of rotatable bonds is 0. The number of aliphatic hydroxyl groups is 1. The summed E-state index contributed by atoms with van der Waals surface area (Å²) in [5.74, 6) is 4.12. The first-order valence-corrected chi connectivity index (χ1v) is 4.16. The molecule has 0 rings (SSSR count). The zero-order chi connectivity index (χ0) is 9.99. The van der Waals surface area contributed by atoms with E-state index < -0.39 is 16.1 Å². The molecule has 0 aromatic carbocycles. The molecule has 0 fully saturated rings. The molecule has 0 bridgehead atoms. The van der Waals surface area contributed by atoms with Gasteiger partial charge in [0.2, 0.25) is 0 Å². The topological polar surface area (TPSA) is 20.2 Å². The fourth-order valence-electron chi connectivity index (χ4n) is 0.367. The number of halogens is 3. The molecule has 0 aliphatic carbocycles. The van der Waals surface area contributed by atoms with Crippen LogP contribution in [0.2, 0.25) is 0 Å². The van der Waals surface area contributed by atoms with Crippen LogP contribution in [0.5, 0.6) is 0 Å². The van der Waals surface area contributed by atoms with Crippen LogP contribution >= 0.6 is 23.2 Å². The Morgan fingerprint density at radius 1 is 1.33 bits per heavy atom. The van der Waals surface area contributed by atoms with Crippen molar-refractivity contribution in [3.8, 4) is 11.8 Å². The van der Waals surface area contributed by atoms with Crippen LogP contribution in [0.15, 0.2) is 0 Å². The summed E-state index contributed by atoms with van der Waals surface area (Å²) in [5.41, 5.74) is -0.425. The summed E-state index contributed by atoms with van der Waals surface area (Å²) in [4.78, 5) is 0. The minimum atomic E-state index is -2.58. The van der Waals surface area contributed by atoms with Crippen molar-refractivity contribution in [3.05, 3.63) is 0 Å². The van der Waals surface area contributed by atoms with Gasteiger partial charge < -0.3 is 5.11 Å². The second kappa shape index (κ2) is 3.83. The highest BCUT2D eigenvalue weighted by atomic mass is 35.5. The zero-order valence-corrected chi connectivity index (χ0v) is 8.67. The first-order valence-electron chi connectivity index (χ1n) is 3.40. The maximum absolute atomic E-state index is 12.4. The van der Waals surface area contributed by atoms with Gasteiger partial charge in [-0.3, -0.25) is 0 Å². The Labute approximate surface area is 81.9 Å². The van der Waals surface area contributed by atoms with Gasteiger partial charge in [-0.05, 0) is 11.3 Å².